The van der Waals surface area contributed by atoms with Crippen LogP contribution in [0.25, 0.3) is 0 Å². The summed E-state index contributed by atoms with van der Waals surface area (Å²) in [6.45, 7) is 6.99. The molecule has 1 fully saturated rings. The Morgan fingerprint density at radius 1 is 1.24 bits per heavy atom. The second kappa shape index (κ2) is 10.1. The van der Waals surface area contributed by atoms with Gasteiger partial charge in [0.15, 0.2) is 5.96 Å². The highest BCUT2D eigenvalue weighted by atomic mass is 127. The number of nitrogens with zero attached hydrogens (tertiary/aromatic N) is 1. The fraction of sp³-hybridized carbons (Fsp3) is 0.632. The molecule has 1 aromatic carbocycles. The van der Waals surface area contributed by atoms with Crippen molar-refractivity contribution in [2.45, 2.75) is 64.6 Å². The molecule has 0 saturated heterocycles. The number of rotatable bonds is 5. The Labute approximate surface area is 169 Å². The van der Waals surface area contributed by atoms with E-state index in [4.69, 9.17) is 9.47 Å². The van der Waals surface area contributed by atoms with Gasteiger partial charge >= 0.3 is 0 Å². The third-order valence-corrected chi connectivity index (χ3v) is 4.03. The van der Waals surface area contributed by atoms with Crippen molar-refractivity contribution in [3.05, 3.63) is 23.8 Å². The molecule has 1 aliphatic carbocycles. The molecule has 0 aliphatic heterocycles. The van der Waals surface area contributed by atoms with Crippen LogP contribution < -0.4 is 20.1 Å². The molecule has 1 saturated carbocycles. The van der Waals surface area contributed by atoms with Crippen molar-refractivity contribution < 1.29 is 9.47 Å². The lowest BCUT2D eigenvalue weighted by Gasteiger charge is -2.24. The minimum atomic E-state index is -0.0368. The Hall–Kier alpha value is -1.18. The van der Waals surface area contributed by atoms with Crippen LogP contribution in [0.4, 0.5) is 0 Å². The van der Waals surface area contributed by atoms with Crippen molar-refractivity contribution in [1.29, 1.82) is 0 Å². The van der Waals surface area contributed by atoms with Gasteiger partial charge in [-0.15, -0.1) is 24.0 Å². The maximum atomic E-state index is 6.24. The number of guanidine groups is 1. The fourth-order valence-electron chi connectivity index (χ4n) is 2.82. The molecule has 25 heavy (non-hydrogen) atoms. The van der Waals surface area contributed by atoms with Crippen LogP contribution in [0.5, 0.6) is 11.5 Å². The standard InChI is InChI=1S/C19H31N3O2.HI/c1-19(2,3)22-18(20-4)21-13-14-10-11-16(23-5)12-17(14)24-15-8-6-7-9-15;/h10-12,15H,6-9,13H2,1-5H3,(H2,20,21,22);1H. The zero-order chi connectivity index (χ0) is 17.6. The SMILES string of the molecule is CN=C(NCc1ccc(OC)cc1OC1CCCC1)NC(C)(C)C.I. The Morgan fingerprint density at radius 3 is 2.48 bits per heavy atom. The van der Waals surface area contributed by atoms with Gasteiger partial charge in [-0.25, -0.2) is 0 Å². The van der Waals surface area contributed by atoms with Crippen LogP contribution in [0, 0.1) is 0 Å². The molecule has 5 nitrogen and oxygen atoms in total. The summed E-state index contributed by atoms with van der Waals surface area (Å²) in [4.78, 5) is 4.28. The first-order valence-corrected chi connectivity index (χ1v) is 8.73. The van der Waals surface area contributed by atoms with Crippen LogP contribution in [0.1, 0.15) is 52.0 Å². The molecule has 0 bridgehead atoms. The van der Waals surface area contributed by atoms with Crippen molar-refractivity contribution >= 4 is 29.9 Å². The zero-order valence-corrected chi connectivity index (χ0v) is 18.3. The fourth-order valence-corrected chi connectivity index (χ4v) is 2.82. The average molecular weight is 461 g/mol. The summed E-state index contributed by atoms with van der Waals surface area (Å²) in [5, 5.41) is 6.73. The maximum Gasteiger partial charge on any atom is 0.191 e. The molecule has 0 radical (unpaired) electrons. The average Bonchev–Trinajstić information content (AvgIpc) is 3.04. The van der Waals surface area contributed by atoms with Gasteiger partial charge in [-0.1, -0.05) is 0 Å². The first kappa shape index (κ1) is 21.9. The van der Waals surface area contributed by atoms with E-state index in [2.05, 4.69) is 42.5 Å². The highest BCUT2D eigenvalue weighted by Gasteiger charge is 2.19. The van der Waals surface area contributed by atoms with Gasteiger partial charge in [0, 0.05) is 30.8 Å². The summed E-state index contributed by atoms with van der Waals surface area (Å²) in [6, 6.07) is 6.01. The first-order chi connectivity index (χ1) is 11.4. The van der Waals surface area contributed by atoms with Gasteiger partial charge in [0.1, 0.15) is 11.5 Å². The Balaban J connectivity index is 0.00000312. The molecule has 2 N–H and O–H groups in total. The normalized spacial score (nSPS) is 15.5. The predicted octanol–water partition coefficient (Wildman–Crippen LogP) is 4.10. The lowest BCUT2D eigenvalue weighted by atomic mass is 10.1. The molecule has 0 atom stereocenters. The van der Waals surface area contributed by atoms with Crippen molar-refractivity contribution in [1.82, 2.24) is 10.6 Å². The number of methoxy groups -OCH3 is 1. The number of hydrogen-bond donors (Lipinski definition) is 2. The third-order valence-electron chi connectivity index (χ3n) is 4.03. The number of halogens is 1. The van der Waals surface area contributed by atoms with E-state index < -0.39 is 0 Å². The summed E-state index contributed by atoms with van der Waals surface area (Å²) < 4.78 is 11.6. The predicted molar refractivity (Wildman–Crippen MR) is 114 cm³/mol. The molecular formula is C19H32IN3O2. The first-order valence-electron chi connectivity index (χ1n) is 8.73. The topological polar surface area (TPSA) is 54.9 Å². The minimum Gasteiger partial charge on any atom is -0.497 e. The Morgan fingerprint density at radius 2 is 1.92 bits per heavy atom. The van der Waals surface area contributed by atoms with Gasteiger partial charge in [0.2, 0.25) is 0 Å². The van der Waals surface area contributed by atoms with Gasteiger partial charge in [-0.05, 0) is 58.6 Å². The van der Waals surface area contributed by atoms with Crippen molar-refractivity contribution in [2.75, 3.05) is 14.2 Å². The van der Waals surface area contributed by atoms with Crippen molar-refractivity contribution in [3.8, 4) is 11.5 Å². The van der Waals surface area contributed by atoms with Gasteiger partial charge in [0.05, 0.1) is 13.2 Å². The summed E-state index contributed by atoms with van der Waals surface area (Å²) >= 11 is 0. The van der Waals surface area contributed by atoms with Gasteiger partial charge < -0.3 is 20.1 Å². The molecule has 142 valence electrons. The van der Waals surface area contributed by atoms with E-state index in [1.54, 1.807) is 14.2 Å². The molecular weight excluding hydrogens is 429 g/mol. The van der Waals surface area contributed by atoms with Crippen LogP contribution in [-0.4, -0.2) is 31.8 Å². The van der Waals surface area contributed by atoms with E-state index in [0.29, 0.717) is 12.6 Å². The lowest BCUT2D eigenvalue weighted by Crippen LogP contribution is -2.47. The molecule has 0 aromatic heterocycles. The summed E-state index contributed by atoms with van der Waals surface area (Å²) in [6.07, 6.45) is 5.10. The van der Waals surface area contributed by atoms with Crippen molar-refractivity contribution in [2.24, 2.45) is 4.99 Å². The largest absolute Gasteiger partial charge is 0.497 e. The Kier molecular flexibility index (Phi) is 8.82. The van der Waals surface area contributed by atoms with Crippen LogP contribution in [0.15, 0.2) is 23.2 Å². The quantitative estimate of drug-likeness (QED) is 0.394. The van der Waals surface area contributed by atoms with Gasteiger partial charge in [-0.3, -0.25) is 4.99 Å². The highest BCUT2D eigenvalue weighted by molar-refractivity contribution is 14.0. The van der Waals surface area contributed by atoms with E-state index >= 15 is 0 Å². The van der Waals surface area contributed by atoms with Crippen LogP contribution in [0.3, 0.4) is 0 Å². The van der Waals surface area contributed by atoms with Crippen LogP contribution in [0.2, 0.25) is 0 Å². The van der Waals surface area contributed by atoms with E-state index in [0.717, 1.165) is 35.9 Å². The molecule has 1 aromatic rings. The molecule has 0 unspecified atom stereocenters. The number of ether oxygens (including phenoxy) is 2. The van der Waals surface area contributed by atoms with Gasteiger partial charge in [-0.2, -0.15) is 0 Å². The number of hydrogen-bond acceptors (Lipinski definition) is 3. The van der Waals surface area contributed by atoms with Crippen LogP contribution >= 0.6 is 24.0 Å². The third kappa shape index (κ3) is 7.30. The smallest absolute Gasteiger partial charge is 0.191 e. The second-order valence-electron chi connectivity index (χ2n) is 7.30. The van der Waals surface area contributed by atoms with E-state index in [1.165, 1.54) is 12.8 Å². The zero-order valence-electron chi connectivity index (χ0n) is 16.0. The van der Waals surface area contributed by atoms with E-state index in [1.807, 2.05) is 12.1 Å². The molecule has 2 rings (SSSR count). The molecule has 6 heteroatoms. The molecule has 1 aliphatic rings. The summed E-state index contributed by atoms with van der Waals surface area (Å²) in [5.41, 5.74) is 1.07. The molecule has 0 amide bonds. The molecule has 0 heterocycles. The van der Waals surface area contributed by atoms with Crippen molar-refractivity contribution in [3.63, 3.8) is 0 Å². The van der Waals surface area contributed by atoms with E-state index in [9.17, 15) is 0 Å². The summed E-state index contributed by atoms with van der Waals surface area (Å²) in [7, 11) is 3.47. The van der Waals surface area contributed by atoms with Crippen LogP contribution in [-0.2, 0) is 6.54 Å². The van der Waals surface area contributed by atoms with Gasteiger partial charge in [0.25, 0.3) is 0 Å². The highest BCUT2D eigenvalue weighted by Crippen LogP contribution is 2.29. The maximum absolute atomic E-state index is 6.24. The molecule has 0 spiro atoms. The lowest BCUT2D eigenvalue weighted by molar-refractivity contribution is 0.207. The minimum absolute atomic E-state index is 0. The number of nitrogens with one attached hydrogen (secondary N) is 2. The summed E-state index contributed by atoms with van der Waals surface area (Å²) in [5.74, 6) is 2.51. The Bertz CT molecular complexity index is 564. The second-order valence-corrected chi connectivity index (χ2v) is 7.30. The number of aliphatic imine (C=N–C) groups is 1. The number of benzene rings is 1. The monoisotopic (exact) mass is 461 g/mol. The van der Waals surface area contributed by atoms with E-state index in [-0.39, 0.29) is 29.5 Å².